The number of anilines is 1. The minimum absolute atomic E-state index is 0.0497. The first-order chi connectivity index (χ1) is 20.1. The third-order valence-corrected chi connectivity index (χ3v) is 8.23. The molecule has 0 aromatic heterocycles. The fourth-order valence-corrected chi connectivity index (χ4v) is 5.35. The highest BCUT2D eigenvalue weighted by Gasteiger charge is 2.36. The van der Waals surface area contributed by atoms with Gasteiger partial charge in [0.05, 0.1) is 22.5 Å². The second-order valence-electron chi connectivity index (χ2n) is 10.1. The lowest BCUT2D eigenvalue weighted by atomic mass is 10.0. The summed E-state index contributed by atoms with van der Waals surface area (Å²) in [4.78, 5) is 28.8. The Kier molecular flexibility index (Phi) is 11.2. The van der Waals surface area contributed by atoms with E-state index in [1.165, 1.54) is 24.3 Å². The topological polar surface area (TPSA) is 86.8 Å². The monoisotopic (exact) mass is 641 g/mol. The minimum atomic E-state index is -4.89. The molecule has 2 amide bonds. The Morgan fingerprint density at radius 2 is 1.60 bits per heavy atom. The van der Waals surface area contributed by atoms with Crippen molar-refractivity contribution >= 4 is 39.1 Å². The Bertz CT molecular complexity index is 1520. The molecule has 3 aromatic rings. The van der Waals surface area contributed by atoms with E-state index >= 15 is 0 Å². The fraction of sp³-hybridized carbons (Fsp3) is 0.333. The summed E-state index contributed by atoms with van der Waals surface area (Å²) in [6.45, 7) is 2.52. The molecule has 3 aromatic carbocycles. The zero-order valence-corrected chi connectivity index (χ0v) is 25.3. The van der Waals surface area contributed by atoms with E-state index in [2.05, 4.69) is 5.32 Å². The minimum Gasteiger partial charge on any atom is -0.352 e. The van der Waals surface area contributed by atoms with Crippen molar-refractivity contribution in [3.05, 3.63) is 100 Å². The van der Waals surface area contributed by atoms with Gasteiger partial charge in [0.15, 0.2) is 0 Å². The molecule has 0 fully saturated rings. The van der Waals surface area contributed by atoms with Gasteiger partial charge >= 0.3 is 6.18 Å². The summed E-state index contributed by atoms with van der Waals surface area (Å²) >= 11 is 5.73. The van der Waals surface area contributed by atoms with E-state index in [1.54, 1.807) is 37.3 Å². The van der Waals surface area contributed by atoms with Gasteiger partial charge < -0.3 is 10.2 Å². The lowest BCUT2D eigenvalue weighted by Gasteiger charge is -2.34. The summed E-state index contributed by atoms with van der Waals surface area (Å²) in [5, 5.41) is 2.22. The smallest absolute Gasteiger partial charge is 0.352 e. The van der Waals surface area contributed by atoms with E-state index in [1.807, 2.05) is 6.92 Å². The standard InChI is InChI=1S/C30H32ClF4N3O4S/c1-4-20(2)36-29(40)27(16-21-8-6-5-7-9-21)37(18-22-10-12-23(32)13-11-22)28(39)19-38(43(3,41)42)24-14-15-26(31)25(17-24)30(33,34)35/h5-15,17,20,27H,4,16,18-19H2,1-3H3,(H,36,40). The van der Waals surface area contributed by atoms with Crippen LogP contribution in [0.3, 0.4) is 0 Å². The number of hydrogen-bond acceptors (Lipinski definition) is 4. The molecule has 3 rings (SSSR count). The molecule has 0 saturated carbocycles. The van der Waals surface area contributed by atoms with Crippen LogP contribution in [0, 0.1) is 5.82 Å². The number of amides is 2. The molecule has 7 nitrogen and oxygen atoms in total. The first kappa shape index (κ1) is 33.9. The highest BCUT2D eigenvalue weighted by Crippen LogP contribution is 2.37. The van der Waals surface area contributed by atoms with Gasteiger partial charge in [0.2, 0.25) is 21.8 Å². The number of carbonyl (C=O) groups excluding carboxylic acids is 2. The van der Waals surface area contributed by atoms with Crippen LogP contribution in [0.1, 0.15) is 37.0 Å². The van der Waals surface area contributed by atoms with Gasteiger partial charge in [-0.25, -0.2) is 12.8 Å². The van der Waals surface area contributed by atoms with Gasteiger partial charge in [-0.1, -0.05) is 61.0 Å². The highest BCUT2D eigenvalue weighted by molar-refractivity contribution is 7.92. The van der Waals surface area contributed by atoms with Crippen LogP contribution in [0.4, 0.5) is 23.2 Å². The quantitative estimate of drug-likeness (QED) is 0.253. The van der Waals surface area contributed by atoms with E-state index in [0.29, 0.717) is 27.9 Å². The lowest BCUT2D eigenvalue weighted by molar-refractivity contribution is -0.140. The second kappa shape index (κ2) is 14.2. The van der Waals surface area contributed by atoms with Crippen LogP contribution in [0.2, 0.25) is 5.02 Å². The molecule has 0 bridgehead atoms. The molecule has 232 valence electrons. The van der Waals surface area contributed by atoms with Crippen LogP contribution in [-0.4, -0.2) is 50.0 Å². The maximum Gasteiger partial charge on any atom is 0.417 e. The van der Waals surface area contributed by atoms with E-state index in [9.17, 15) is 35.6 Å². The van der Waals surface area contributed by atoms with Crippen LogP contribution in [0.15, 0.2) is 72.8 Å². The van der Waals surface area contributed by atoms with Crippen molar-refractivity contribution in [2.75, 3.05) is 17.1 Å². The summed E-state index contributed by atoms with van der Waals surface area (Å²) in [6, 6.07) is 15.1. The Hall–Kier alpha value is -3.64. The molecular formula is C30H32ClF4N3O4S. The number of benzene rings is 3. The largest absolute Gasteiger partial charge is 0.417 e. The molecule has 0 saturated heterocycles. The molecular weight excluding hydrogens is 610 g/mol. The first-order valence-electron chi connectivity index (χ1n) is 13.3. The number of sulfonamides is 1. The number of nitrogens with one attached hydrogen (secondary N) is 1. The Balaban J connectivity index is 2.10. The molecule has 2 unspecified atom stereocenters. The summed E-state index contributed by atoms with van der Waals surface area (Å²) in [7, 11) is -4.30. The van der Waals surface area contributed by atoms with E-state index in [4.69, 9.17) is 11.6 Å². The second-order valence-corrected chi connectivity index (χ2v) is 12.4. The molecule has 13 heteroatoms. The van der Waals surface area contributed by atoms with Crippen LogP contribution >= 0.6 is 11.6 Å². The molecule has 0 aliphatic heterocycles. The van der Waals surface area contributed by atoms with Crippen LogP contribution < -0.4 is 9.62 Å². The summed E-state index contributed by atoms with van der Waals surface area (Å²) in [5.41, 5.74) is -0.555. The SMILES string of the molecule is CCC(C)NC(=O)C(Cc1ccccc1)N(Cc1ccc(F)cc1)C(=O)CN(c1ccc(Cl)c(C(F)(F)F)c1)S(C)(=O)=O. The lowest BCUT2D eigenvalue weighted by Crippen LogP contribution is -2.54. The molecule has 0 aliphatic rings. The summed E-state index contributed by atoms with van der Waals surface area (Å²) < 4.78 is 80.6. The molecule has 0 spiro atoms. The van der Waals surface area contributed by atoms with Crippen molar-refractivity contribution < 1.29 is 35.6 Å². The van der Waals surface area contributed by atoms with E-state index in [0.717, 1.165) is 23.3 Å². The van der Waals surface area contributed by atoms with Crippen molar-refractivity contribution in [2.24, 2.45) is 0 Å². The van der Waals surface area contributed by atoms with Gasteiger partial charge in [-0.15, -0.1) is 0 Å². The first-order valence-corrected chi connectivity index (χ1v) is 15.6. The molecule has 43 heavy (non-hydrogen) atoms. The third kappa shape index (κ3) is 9.42. The van der Waals surface area contributed by atoms with Crippen LogP contribution in [0.5, 0.6) is 0 Å². The predicted molar refractivity (Wildman–Crippen MR) is 157 cm³/mol. The van der Waals surface area contributed by atoms with Gasteiger partial charge in [-0.3, -0.25) is 13.9 Å². The van der Waals surface area contributed by atoms with Gasteiger partial charge in [0, 0.05) is 19.0 Å². The third-order valence-electron chi connectivity index (χ3n) is 6.76. The number of alkyl halides is 3. The van der Waals surface area contributed by atoms with Crippen molar-refractivity contribution in [2.45, 2.75) is 51.5 Å². The zero-order chi connectivity index (χ0) is 31.9. The Morgan fingerprint density at radius 3 is 2.16 bits per heavy atom. The number of rotatable bonds is 12. The van der Waals surface area contributed by atoms with Crippen molar-refractivity contribution in [1.29, 1.82) is 0 Å². The fourth-order valence-electron chi connectivity index (χ4n) is 4.28. The normalized spacial score (nSPS) is 13.2. The van der Waals surface area contributed by atoms with E-state index in [-0.39, 0.29) is 19.0 Å². The average molecular weight is 642 g/mol. The highest BCUT2D eigenvalue weighted by atomic mass is 35.5. The zero-order valence-electron chi connectivity index (χ0n) is 23.7. The van der Waals surface area contributed by atoms with E-state index < -0.39 is 62.7 Å². The van der Waals surface area contributed by atoms with Crippen LogP contribution in [0.25, 0.3) is 0 Å². The predicted octanol–water partition coefficient (Wildman–Crippen LogP) is 5.82. The average Bonchev–Trinajstić information content (AvgIpc) is 2.94. The Labute approximate surface area is 253 Å². The van der Waals surface area contributed by atoms with Crippen molar-refractivity contribution in [3.8, 4) is 0 Å². The van der Waals surface area contributed by atoms with Crippen molar-refractivity contribution in [1.82, 2.24) is 10.2 Å². The molecule has 0 heterocycles. The number of hydrogen-bond donors (Lipinski definition) is 1. The number of nitrogens with zero attached hydrogens (tertiary/aromatic N) is 2. The van der Waals surface area contributed by atoms with Crippen LogP contribution in [-0.2, 0) is 38.8 Å². The maximum atomic E-state index is 14.0. The molecule has 2 atom stereocenters. The molecule has 0 aliphatic carbocycles. The Morgan fingerprint density at radius 1 is 0.977 bits per heavy atom. The number of carbonyl (C=O) groups is 2. The van der Waals surface area contributed by atoms with Gasteiger partial charge in [0.1, 0.15) is 18.4 Å². The molecule has 1 N–H and O–H groups in total. The maximum absolute atomic E-state index is 14.0. The van der Waals surface area contributed by atoms with Gasteiger partial charge in [-0.2, -0.15) is 13.2 Å². The van der Waals surface area contributed by atoms with Crippen molar-refractivity contribution in [3.63, 3.8) is 0 Å². The van der Waals surface area contributed by atoms with Gasteiger partial charge in [0.25, 0.3) is 0 Å². The number of halogens is 5. The summed E-state index contributed by atoms with van der Waals surface area (Å²) in [6.07, 6.45) is -3.49. The summed E-state index contributed by atoms with van der Waals surface area (Å²) in [5.74, 6) is -1.90. The molecule has 0 radical (unpaired) electrons. The van der Waals surface area contributed by atoms with Gasteiger partial charge in [-0.05, 0) is 54.8 Å².